The summed E-state index contributed by atoms with van der Waals surface area (Å²) in [4.78, 5) is 57.2. The molecule has 1 aromatic heterocycles. The summed E-state index contributed by atoms with van der Waals surface area (Å²) < 4.78 is 45.1. The zero-order valence-corrected chi connectivity index (χ0v) is 38.8. The number of nitrogens with one attached hydrogen (secondary N) is 3. The first-order valence-electron chi connectivity index (χ1n) is 21.9. The number of aliphatic carboxylic acids is 1. The molecule has 2 heterocycles. The molecule has 350 valence electrons. The molecule has 0 saturated carbocycles. The van der Waals surface area contributed by atoms with Gasteiger partial charge in [-0.05, 0) is 129 Å². The highest BCUT2D eigenvalue weighted by Gasteiger charge is 2.30. The van der Waals surface area contributed by atoms with Gasteiger partial charge in [0, 0.05) is 78.1 Å². The number of hydrogen-bond donors (Lipinski definition) is 4. The number of aromatic nitrogens is 1. The Bertz CT molecular complexity index is 2450. The molecule has 3 amide bonds. The standard InChI is InChI=1S/C41H38F3N5O3S.C10H20O3/c1-45-38(50)30-11-7-13-34(22-30)53-26-28-9-5-10-29(20-28)40(52)48-36-15-14-33(49-18-3-2-4-19-49)24-35(36)37-23-31(16-17-46-37)39(51)47-25-27-8-6-12-32(21-27)41(42,43)44;1-8(2)5-6-13-10(3,4)7-9(11)12/h5-17,20-24H,2-4,18-19,25-26H2,1H3,(H,45,50)(H,47,51)(H,48,52);8H,5-7H2,1-4H3,(H,11,12). The van der Waals surface area contributed by atoms with Crippen molar-refractivity contribution in [3.63, 3.8) is 0 Å². The minimum Gasteiger partial charge on any atom is -0.481 e. The predicted molar refractivity (Wildman–Crippen MR) is 254 cm³/mol. The van der Waals surface area contributed by atoms with E-state index in [9.17, 15) is 32.3 Å². The number of carboxylic acids is 1. The van der Waals surface area contributed by atoms with Gasteiger partial charge in [0.1, 0.15) is 0 Å². The lowest BCUT2D eigenvalue weighted by atomic mass is 10.0. The van der Waals surface area contributed by atoms with Gasteiger partial charge in [-0.25, -0.2) is 0 Å². The number of amides is 3. The number of carboxylic acid groups (broad SMARTS) is 1. The fourth-order valence-corrected chi connectivity index (χ4v) is 7.98. The second-order valence-electron chi connectivity index (χ2n) is 17.0. The van der Waals surface area contributed by atoms with E-state index in [-0.39, 0.29) is 30.3 Å². The molecule has 15 heteroatoms. The molecule has 0 aliphatic carbocycles. The molecule has 0 unspecified atom stereocenters. The summed E-state index contributed by atoms with van der Waals surface area (Å²) in [6.45, 7) is 10.2. The Morgan fingerprint density at radius 3 is 2.18 bits per heavy atom. The third-order valence-electron chi connectivity index (χ3n) is 10.7. The molecule has 0 bridgehead atoms. The van der Waals surface area contributed by atoms with Gasteiger partial charge in [-0.3, -0.25) is 24.2 Å². The van der Waals surface area contributed by atoms with E-state index in [4.69, 9.17) is 9.84 Å². The van der Waals surface area contributed by atoms with Crippen LogP contribution in [0.5, 0.6) is 0 Å². The predicted octanol–water partition coefficient (Wildman–Crippen LogP) is 10.9. The van der Waals surface area contributed by atoms with Gasteiger partial charge in [0.2, 0.25) is 0 Å². The number of ether oxygens (including phenoxy) is 1. The number of anilines is 2. The zero-order chi connectivity index (χ0) is 47.9. The summed E-state index contributed by atoms with van der Waals surface area (Å²) in [5.74, 6) is -0.580. The molecule has 4 aromatic carbocycles. The van der Waals surface area contributed by atoms with E-state index in [1.807, 2.05) is 54.6 Å². The van der Waals surface area contributed by atoms with Gasteiger partial charge in [-0.15, -0.1) is 11.8 Å². The molecule has 0 spiro atoms. The molecule has 6 rings (SSSR count). The molecule has 1 aliphatic heterocycles. The van der Waals surface area contributed by atoms with Crippen LogP contribution in [-0.2, 0) is 28.0 Å². The SMILES string of the molecule is CC(C)CCOC(C)(C)CC(=O)O.CNC(=O)c1cccc(SCc2cccc(C(=O)Nc3ccc(N4CCCCC4)cc3-c3cc(C(=O)NCc4cccc(C(F)(F)F)c4)ccn3)c2)c1. The highest BCUT2D eigenvalue weighted by atomic mass is 32.2. The summed E-state index contributed by atoms with van der Waals surface area (Å²) >= 11 is 1.56. The number of piperidine rings is 1. The second-order valence-corrected chi connectivity index (χ2v) is 18.0. The molecular formula is C51H58F3N5O6S. The van der Waals surface area contributed by atoms with Crippen molar-refractivity contribution in [3.8, 4) is 11.3 Å². The van der Waals surface area contributed by atoms with Gasteiger partial charge in [0.15, 0.2) is 0 Å². The second kappa shape index (κ2) is 23.8. The quantitative estimate of drug-likeness (QED) is 0.0669. The maximum Gasteiger partial charge on any atom is 0.416 e. The maximum atomic E-state index is 13.7. The summed E-state index contributed by atoms with van der Waals surface area (Å²) in [5.41, 5.74) is 3.79. The molecule has 66 heavy (non-hydrogen) atoms. The van der Waals surface area contributed by atoms with Crippen molar-refractivity contribution in [2.24, 2.45) is 5.92 Å². The van der Waals surface area contributed by atoms with Crippen LogP contribution in [-0.4, -0.2) is 66.1 Å². The highest BCUT2D eigenvalue weighted by molar-refractivity contribution is 7.98. The van der Waals surface area contributed by atoms with E-state index >= 15 is 0 Å². The molecule has 11 nitrogen and oxygen atoms in total. The average Bonchev–Trinajstić information content (AvgIpc) is 3.30. The van der Waals surface area contributed by atoms with Crippen molar-refractivity contribution in [1.29, 1.82) is 0 Å². The number of rotatable bonds is 17. The summed E-state index contributed by atoms with van der Waals surface area (Å²) in [5, 5.41) is 17.0. The number of benzene rings is 4. The first kappa shape index (κ1) is 50.8. The molecule has 1 aliphatic rings. The number of pyridine rings is 1. The fraction of sp³-hybridized carbons (Fsp3) is 0.353. The van der Waals surface area contributed by atoms with E-state index in [1.165, 1.54) is 24.4 Å². The number of hydrogen-bond acceptors (Lipinski definition) is 8. The molecule has 5 aromatic rings. The molecule has 1 saturated heterocycles. The highest BCUT2D eigenvalue weighted by Crippen LogP contribution is 2.34. The minimum absolute atomic E-state index is 0.0606. The number of alkyl halides is 3. The first-order chi connectivity index (χ1) is 31.4. The van der Waals surface area contributed by atoms with Gasteiger partial charge < -0.3 is 30.7 Å². The van der Waals surface area contributed by atoms with Crippen LogP contribution in [0.25, 0.3) is 11.3 Å². The van der Waals surface area contributed by atoms with E-state index in [0.717, 1.165) is 67.1 Å². The fourth-order valence-electron chi connectivity index (χ4n) is 7.08. The number of halogens is 3. The third-order valence-corrected chi connectivity index (χ3v) is 11.7. The van der Waals surface area contributed by atoms with Gasteiger partial charge in [0.25, 0.3) is 17.7 Å². The minimum atomic E-state index is -4.49. The molecule has 1 fully saturated rings. The van der Waals surface area contributed by atoms with Crippen molar-refractivity contribution in [2.45, 2.75) is 88.8 Å². The monoisotopic (exact) mass is 925 g/mol. The third kappa shape index (κ3) is 15.8. The van der Waals surface area contributed by atoms with Crippen molar-refractivity contribution >= 4 is 46.8 Å². The Balaban J connectivity index is 0.000000547. The lowest BCUT2D eigenvalue weighted by Crippen LogP contribution is -2.29. The van der Waals surface area contributed by atoms with Crippen LogP contribution in [0.3, 0.4) is 0 Å². The summed E-state index contributed by atoms with van der Waals surface area (Å²) in [6.07, 6.45) is 1.36. The van der Waals surface area contributed by atoms with E-state index in [2.05, 4.69) is 39.7 Å². The van der Waals surface area contributed by atoms with Crippen molar-refractivity contribution < 1.29 is 42.2 Å². The Hall–Kier alpha value is -6.19. The van der Waals surface area contributed by atoms with Crippen molar-refractivity contribution in [3.05, 3.63) is 143 Å². The Morgan fingerprint density at radius 2 is 1.48 bits per heavy atom. The van der Waals surface area contributed by atoms with Crippen molar-refractivity contribution in [1.82, 2.24) is 15.6 Å². The molecule has 0 radical (unpaired) electrons. The van der Waals surface area contributed by atoms with Crippen LogP contribution in [0.2, 0.25) is 0 Å². The Kier molecular flexibility index (Phi) is 18.3. The lowest BCUT2D eigenvalue weighted by Gasteiger charge is -2.29. The lowest BCUT2D eigenvalue weighted by molar-refractivity contribution is -0.144. The smallest absolute Gasteiger partial charge is 0.416 e. The largest absolute Gasteiger partial charge is 0.481 e. The number of thioether (sulfide) groups is 1. The molecular weight excluding hydrogens is 868 g/mol. The van der Waals surface area contributed by atoms with Crippen LogP contribution >= 0.6 is 11.8 Å². The number of nitrogens with zero attached hydrogens (tertiary/aromatic N) is 2. The van der Waals surface area contributed by atoms with Crippen LogP contribution in [0.4, 0.5) is 24.5 Å². The van der Waals surface area contributed by atoms with Crippen LogP contribution in [0.15, 0.2) is 114 Å². The molecule has 4 N–H and O–H groups in total. The Labute approximate surface area is 388 Å². The average molecular weight is 926 g/mol. The number of carbonyl (C=O) groups excluding carboxylic acids is 3. The van der Waals surface area contributed by atoms with E-state index in [0.29, 0.717) is 51.9 Å². The maximum absolute atomic E-state index is 13.7. The van der Waals surface area contributed by atoms with Crippen LogP contribution in [0, 0.1) is 5.92 Å². The van der Waals surface area contributed by atoms with E-state index < -0.39 is 29.2 Å². The van der Waals surface area contributed by atoms with Crippen LogP contribution < -0.4 is 20.9 Å². The summed E-state index contributed by atoms with van der Waals surface area (Å²) in [6, 6.07) is 28.5. The van der Waals surface area contributed by atoms with Crippen LogP contribution in [0.1, 0.15) is 108 Å². The van der Waals surface area contributed by atoms with Gasteiger partial charge in [0.05, 0.1) is 29.0 Å². The molecule has 0 atom stereocenters. The van der Waals surface area contributed by atoms with E-state index in [1.54, 1.807) is 50.9 Å². The zero-order valence-electron chi connectivity index (χ0n) is 38.0. The first-order valence-corrected chi connectivity index (χ1v) is 22.9. The van der Waals surface area contributed by atoms with Gasteiger partial charge in [-0.1, -0.05) is 44.2 Å². The normalized spacial score (nSPS) is 12.8. The Morgan fingerprint density at radius 1 is 0.803 bits per heavy atom. The topological polar surface area (TPSA) is 150 Å². The van der Waals surface area contributed by atoms with Crippen molar-refractivity contribution in [2.75, 3.05) is 37.0 Å². The number of carbonyl (C=O) groups is 4. The summed E-state index contributed by atoms with van der Waals surface area (Å²) in [7, 11) is 1.59. The van der Waals surface area contributed by atoms with Gasteiger partial charge in [-0.2, -0.15) is 13.2 Å². The van der Waals surface area contributed by atoms with Gasteiger partial charge >= 0.3 is 12.1 Å².